The van der Waals surface area contributed by atoms with Crippen LogP contribution in [0.2, 0.25) is 0 Å². The van der Waals surface area contributed by atoms with Gasteiger partial charge in [0, 0.05) is 10.9 Å². The summed E-state index contributed by atoms with van der Waals surface area (Å²) in [6.45, 7) is 1.50. The molecule has 3 aromatic carbocycles. The summed E-state index contributed by atoms with van der Waals surface area (Å²) in [6, 6.07) is 16.9. The number of methoxy groups -OCH3 is 1. The highest BCUT2D eigenvalue weighted by Crippen LogP contribution is 2.29. The lowest BCUT2D eigenvalue weighted by atomic mass is 10.0. The van der Waals surface area contributed by atoms with Gasteiger partial charge >= 0.3 is 5.97 Å². The second-order valence-electron chi connectivity index (χ2n) is 5.82. The van der Waals surface area contributed by atoms with Crippen molar-refractivity contribution in [2.45, 2.75) is 13.0 Å². The van der Waals surface area contributed by atoms with Crippen LogP contribution < -0.4 is 4.74 Å². The van der Waals surface area contributed by atoms with Crippen molar-refractivity contribution in [3.63, 3.8) is 0 Å². The Morgan fingerprint density at radius 2 is 1.65 bits per heavy atom. The summed E-state index contributed by atoms with van der Waals surface area (Å²) in [4.78, 5) is 24.8. The van der Waals surface area contributed by atoms with Gasteiger partial charge in [0.2, 0.25) is 5.78 Å². The van der Waals surface area contributed by atoms with Crippen LogP contribution in [-0.2, 0) is 4.74 Å². The summed E-state index contributed by atoms with van der Waals surface area (Å²) in [5.41, 5.74) is 0.437. The number of carbonyl (C=O) groups is 2. The molecule has 0 aliphatic carbocycles. The molecule has 3 rings (SSSR count). The molecule has 0 saturated carbocycles. The zero-order chi connectivity index (χ0) is 18.7. The molecule has 0 fully saturated rings. The van der Waals surface area contributed by atoms with Crippen LogP contribution in [0.25, 0.3) is 10.8 Å². The second-order valence-corrected chi connectivity index (χ2v) is 5.82. The second kappa shape index (κ2) is 7.27. The van der Waals surface area contributed by atoms with Crippen molar-refractivity contribution < 1.29 is 24.2 Å². The number of hydrogen-bond donors (Lipinski definition) is 1. The molecule has 0 aromatic heterocycles. The Hall–Kier alpha value is -3.34. The molecular formula is C21H18O5. The van der Waals surface area contributed by atoms with Gasteiger partial charge in [-0.2, -0.15) is 0 Å². The number of hydrogen-bond acceptors (Lipinski definition) is 5. The molecular weight excluding hydrogens is 332 g/mol. The standard InChI is InChI=1S/C21H18O5/c1-13(19(22)15-7-10-16(25-2)11-8-15)26-21(24)18-12-9-14-5-3-4-6-17(14)20(18)23/h3-13,23H,1-2H3. The first-order valence-corrected chi connectivity index (χ1v) is 8.11. The van der Waals surface area contributed by atoms with E-state index in [1.807, 2.05) is 12.1 Å². The number of rotatable bonds is 5. The number of esters is 1. The molecule has 0 heterocycles. The fourth-order valence-corrected chi connectivity index (χ4v) is 2.69. The lowest BCUT2D eigenvalue weighted by Crippen LogP contribution is -2.24. The Labute approximate surface area is 150 Å². The zero-order valence-electron chi connectivity index (χ0n) is 14.4. The third-order valence-corrected chi connectivity index (χ3v) is 4.15. The largest absolute Gasteiger partial charge is 0.506 e. The highest BCUT2D eigenvalue weighted by molar-refractivity contribution is 6.04. The number of benzene rings is 3. The maximum Gasteiger partial charge on any atom is 0.342 e. The summed E-state index contributed by atoms with van der Waals surface area (Å²) >= 11 is 0. The molecule has 132 valence electrons. The zero-order valence-corrected chi connectivity index (χ0v) is 14.4. The number of ether oxygens (including phenoxy) is 2. The average Bonchev–Trinajstić information content (AvgIpc) is 2.67. The minimum absolute atomic E-state index is 0.0260. The van der Waals surface area contributed by atoms with Crippen LogP contribution in [-0.4, -0.2) is 30.1 Å². The Morgan fingerprint density at radius 1 is 0.962 bits per heavy atom. The molecule has 3 aromatic rings. The highest BCUT2D eigenvalue weighted by Gasteiger charge is 2.22. The molecule has 0 aliphatic rings. The van der Waals surface area contributed by atoms with E-state index in [-0.39, 0.29) is 17.1 Å². The SMILES string of the molecule is COc1ccc(C(=O)C(C)OC(=O)c2ccc3ccccc3c2O)cc1. The molecule has 0 aliphatic heterocycles. The van der Waals surface area contributed by atoms with Gasteiger partial charge in [-0.3, -0.25) is 4.79 Å². The summed E-state index contributed by atoms with van der Waals surface area (Å²) in [5, 5.41) is 11.7. The Balaban J connectivity index is 1.78. The summed E-state index contributed by atoms with van der Waals surface area (Å²) in [7, 11) is 1.54. The topological polar surface area (TPSA) is 72.8 Å². The fraction of sp³-hybridized carbons (Fsp3) is 0.143. The van der Waals surface area contributed by atoms with E-state index in [1.54, 1.807) is 42.5 Å². The number of fused-ring (bicyclic) bond motifs is 1. The van der Waals surface area contributed by atoms with E-state index in [0.29, 0.717) is 16.7 Å². The predicted molar refractivity (Wildman–Crippen MR) is 97.8 cm³/mol. The van der Waals surface area contributed by atoms with Gasteiger partial charge in [-0.1, -0.05) is 30.3 Å². The van der Waals surface area contributed by atoms with Gasteiger partial charge in [0.25, 0.3) is 0 Å². The van der Waals surface area contributed by atoms with Crippen LogP contribution in [0.4, 0.5) is 0 Å². The fourth-order valence-electron chi connectivity index (χ4n) is 2.69. The van der Waals surface area contributed by atoms with Crippen molar-refractivity contribution in [1.29, 1.82) is 0 Å². The van der Waals surface area contributed by atoms with E-state index >= 15 is 0 Å². The molecule has 0 spiro atoms. The van der Waals surface area contributed by atoms with Crippen LogP contribution in [0, 0.1) is 0 Å². The van der Waals surface area contributed by atoms with Crippen molar-refractivity contribution in [3.8, 4) is 11.5 Å². The van der Waals surface area contributed by atoms with Gasteiger partial charge in [0.1, 0.15) is 17.1 Å². The molecule has 5 heteroatoms. The molecule has 0 radical (unpaired) electrons. The third-order valence-electron chi connectivity index (χ3n) is 4.15. The van der Waals surface area contributed by atoms with Gasteiger partial charge in [0.05, 0.1) is 7.11 Å². The Kier molecular flexibility index (Phi) is 4.89. The minimum Gasteiger partial charge on any atom is -0.506 e. The lowest BCUT2D eigenvalue weighted by Gasteiger charge is -2.14. The van der Waals surface area contributed by atoms with Gasteiger partial charge in [0.15, 0.2) is 6.10 Å². The number of phenolic OH excluding ortho intramolecular Hbond substituents is 1. The van der Waals surface area contributed by atoms with Gasteiger partial charge in [-0.05, 0) is 42.6 Å². The monoisotopic (exact) mass is 350 g/mol. The average molecular weight is 350 g/mol. The maximum atomic E-state index is 12.4. The molecule has 1 N–H and O–H groups in total. The first-order chi connectivity index (χ1) is 12.5. The number of ketones is 1. The number of Topliss-reactive ketones (excluding diaryl/α,β-unsaturated/α-hetero) is 1. The van der Waals surface area contributed by atoms with E-state index in [9.17, 15) is 14.7 Å². The number of carbonyl (C=O) groups excluding carboxylic acids is 2. The first kappa shape index (κ1) is 17.5. The molecule has 1 unspecified atom stereocenters. The molecule has 26 heavy (non-hydrogen) atoms. The van der Waals surface area contributed by atoms with Crippen molar-refractivity contribution in [2.24, 2.45) is 0 Å². The van der Waals surface area contributed by atoms with Crippen LogP contribution in [0.15, 0.2) is 60.7 Å². The molecule has 0 saturated heterocycles. The van der Waals surface area contributed by atoms with E-state index in [4.69, 9.17) is 9.47 Å². The van der Waals surface area contributed by atoms with Crippen LogP contribution in [0.3, 0.4) is 0 Å². The van der Waals surface area contributed by atoms with Crippen molar-refractivity contribution in [3.05, 3.63) is 71.8 Å². The van der Waals surface area contributed by atoms with E-state index in [1.165, 1.54) is 20.1 Å². The number of phenols is 1. The predicted octanol–water partition coefficient (Wildman–Crippen LogP) is 3.98. The molecule has 1 atom stereocenters. The van der Waals surface area contributed by atoms with E-state index in [0.717, 1.165) is 5.39 Å². The van der Waals surface area contributed by atoms with Gasteiger partial charge < -0.3 is 14.6 Å². The Bertz CT molecular complexity index is 960. The van der Waals surface area contributed by atoms with Crippen LogP contribution in [0.5, 0.6) is 11.5 Å². The normalized spacial score (nSPS) is 11.8. The van der Waals surface area contributed by atoms with E-state index < -0.39 is 12.1 Å². The lowest BCUT2D eigenvalue weighted by molar-refractivity contribution is 0.0316. The molecule has 5 nitrogen and oxygen atoms in total. The summed E-state index contributed by atoms with van der Waals surface area (Å²) in [5.74, 6) is -0.603. The summed E-state index contributed by atoms with van der Waals surface area (Å²) < 4.78 is 10.3. The highest BCUT2D eigenvalue weighted by atomic mass is 16.5. The smallest absolute Gasteiger partial charge is 0.342 e. The molecule has 0 amide bonds. The van der Waals surface area contributed by atoms with Crippen LogP contribution >= 0.6 is 0 Å². The molecule has 0 bridgehead atoms. The van der Waals surface area contributed by atoms with Crippen molar-refractivity contribution in [2.75, 3.05) is 7.11 Å². The van der Waals surface area contributed by atoms with Gasteiger partial charge in [-0.15, -0.1) is 0 Å². The van der Waals surface area contributed by atoms with Crippen LogP contribution in [0.1, 0.15) is 27.6 Å². The Morgan fingerprint density at radius 3 is 2.35 bits per heavy atom. The van der Waals surface area contributed by atoms with Crippen molar-refractivity contribution >= 4 is 22.5 Å². The summed E-state index contributed by atoms with van der Waals surface area (Å²) in [6.07, 6.45) is -0.984. The maximum absolute atomic E-state index is 12.4. The minimum atomic E-state index is -0.984. The van der Waals surface area contributed by atoms with Gasteiger partial charge in [-0.25, -0.2) is 4.79 Å². The van der Waals surface area contributed by atoms with Crippen molar-refractivity contribution in [1.82, 2.24) is 0 Å². The quantitative estimate of drug-likeness (QED) is 0.556. The number of aromatic hydroxyl groups is 1. The van der Waals surface area contributed by atoms with E-state index in [2.05, 4.69) is 0 Å². The third kappa shape index (κ3) is 3.37. The first-order valence-electron chi connectivity index (χ1n) is 8.11.